The molecule has 0 fully saturated rings. The SMILES string of the molecule is [2H]C([2H])(c1cc(C(C)C)c(-n2c(-c3c(C)ccc4c3oc3ccccc34)nc3ccccc32)c(C(C)C)c1)C(C)(C)C. The van der Waals surface area contributed by atoms with Crippen LogP contribution in [0.3, 0.4) is 0 Å². The number of fused-ring (bicyclic) bond motifs is 4. The average Bonchev–Trinajstić information content (AvgIpc) is 3.49. The van der Waals surface area contributed by atoms with Gasteiger partial charge in [-0.05, 0) is 71.0 Å². The number of furan rings is 1. The molecule has 0 spiro atoms. The summed E-state index contributed by atoms with van der Waals surface area (Å²) in [5.41, 5.74) is 9.21. The van der Waals surface area contributed by atoms with Gasteiger partial charge in [-0.25, -0.2) is 4.98 Å². The zero-order valence-electron chi connectivity index (χ0n) is 26.9. The molecule has 0 atom stereocenters. The van der Waals surface area contributed by atoms with Crippen LogP contribution >= 0.6 is 0 Å². The fourth-order valence-electron chi connectivity index (χ4n) is 5.91. The summed E-state index contributed by atoms with van der Waals surface area (Å²) in [4.78, 5) is 5.28. The molecule has 6 aromatic rings. The quantitative estimate of drug-likeness (QED) is 0.222. The smallest absolute Gasteiger partial charge is 0.149 e. The zero-order valence-corrected chi connectivity index (χ0v) is 24.9. The van der Waals surface area contributed by atoms with Crippen molar-refractivity contribution in [2.24, 2.45) is 5.41 Å². The van der Waals surface area contributed by atoms with E-state index in [1.807, 2.05) is 45.0 Å². The van der Waals surface area contributed by atoms with Gasteiger partial charge in [-0.1, -0.05) is 103 Å². The van der Waals surface area contributed by atoms with Gasteiger partial charge >= 0.3 is 0 Å². The summed E-state index contributed by atoms with van der Waals surface area (Å²) < 4.78 is 27.2. The summed E-state index contributed by atoms with van der Waals surface area (Å²) in [6, 6.07) is 25.0. The van der Waals surface area contributed by atoms with Crippen molar-refractivity contribution < 1.29 is 7.16 Å². The topological polar surface area (TPSA) is 31.0 Å². The van der Waals surface area contributed by atoms with Crippen LogP contribution in [-0.2, 0) is 6.37 Å². The van der Waals surface area contributed by atoms with Gasteiger partial charge in [-0.15, -0.1) is 0 Å². The molecule has 6 rings (SSSR count). The number of rotatable bonds is 5. The van der Waals surface area contributed by atoms with E-state index in [9.17, 15) is 0 Å². The maximum atomic E-state index is 9.15. The second kappa shape index (κ2) is 9.66. The van der Waals surface area contributed by atoms with Crippen molar-refractivity contribution in [3.63, 3.8) is 0 Å². The fraction of sp³-hybridized carbons (Fsp3) is 0.324. The molecule has 0 saturated carbocycles. The first kappa shape index (κ1) is 24.0. The van der Waals surface area contributed by atoms with Gasteiger partial charge in [-0.3, -0.25) is 4.57 Å². The number of nitrogens with zero attached hydrogens (tertiary/aromatic N) is 2. The van der Waals surface area contributed by atoms with E-state index in [2.05, 4.69) is 87.7 Å². The number of hydrogen-bond acceptors (Lipinski definition) is 2. The highest BCUT2D eigenvalue weighted by Gasteiger charge is 2.26. The second-order valence-corrected chi connectivity index (χ2v) is 12.7. The lowest BCUT2D eigenvalue weighted by Crippen LogP contribution is -2.14. The molecule has 2 heterocycles. The van der Waals surface area contributed by atoms with Crippen molar-refractivity contribution in [3.05, 3.63) is 95.1 Å². The van der Waals surface area contributed by atoms with Crippen LogP contribution in [0.15, 0.2) is 77.2 Å². The van der Waals surface area contributed by atoms with Crippen LogP contribution in [0.1, 0.15) is 85.3 Å². The number of para-hydroxylation sites is 3. The third kappa shape index (κ3) is 4.42. The number of imidazole rings is 1. The highest BCUT2D eigenvalue weighted by Crippen LogP contribution is 2.43. The molecular weight excluding hydrogens is 488 g/mol. The number of hydrogen-bond donors (Lipinski definition) is 0. The molecule has 0 saturated heterocycles. The van der Waals surface area contributed by atoms with Gasteiger partial charge in [0.15, 0.2) is 0 Å². The van der Waals surface area contributed by atoms with Crippen LogP contribution in [0.2, 0.25) is 0 Å². The van der Waals surface area contributed by atoms with Gasteiger partial charge in [0.2, 0.25) is 0 Å². The minimum atomic E-state index is -1.50. The number of aryl methyl sites for hydroxylation is 1. The van der Waals surface area contributed by atoms with Crippen LogP contribution in [0, 0.1) is 12.3 Å². The molecule has 0 unspecified atom stereocenters. The maximum absolute atomic E-state index is 9.15. The van der Waals surface area contributed by atoms with E-state index >= 15 is 0 Å². The zero-order chi connectivity index (χ0) is 30.1. The number of benzene rings is 4. The Morgan fingerprint density at radius 1 is 0.850 bits per heavy atom. The van der Waals surface area contributed by atoms with Crippen LogP contribution < -0.4 is 0 Å². The molecule has 204 valence electrons. The Labute approximate surface area is 240 Å². The highest BCUT2D eigenvalue weighted by atomic mass is 16.3. The normalized spacial score (nSPS) is 13.7. The number of aromatic nitrogens is 2. The summed E-state index contributed by atoms with van der Waals surface area (Å²) in [5, 5.41) is 2.17. The van der Waals surface area contributed by atoms with Gasteiger partial charge in [0, 0.05) is 13.5 Å². The Hall–Kier alpha value is -3.85. The molecule has 3 heteroatoms. The first-order valence-corrected chi connectivity index (χ1v) is 14.4. The van der Waals surface area contributed by atoms with E-state index in [0.29, 0.717) is 0 Å². The summed E-state index contributed by atoms with van der Waals surface area (Å²) in [7, 11) is 0. The van der Waals surface area contributed by atoms with Crippen LogP contribution in [0.25, 0.3) is 50.0 Å². The standard InChI is InChI=1S/C37H40N2O/c1-22(2)28-19-25(21-37(6,7)8)20-29(23(3)4)34(28)39-31-15-11-10-14-30(31)38-36(39)33-24(5)17-18-27-26-13-9-12-16-32(26)40-35(27)33/h9-20,22-23H,21H2,1-8H3/i21D2. The maximum Gasteiger partial charge on any atom is 0.149 e. The van der Waals surface area contributed by atoms with Crippen molar-refractivity contribution in [2.75, 3.05) is 0 Å². The third-order valence-electron chi connectivity index (χ3n) is 7.70. The van der Waals surface area contributed by atoms with E-state index in [-0.39, 0.29) is 11.8 Å². The first-order chi connectivity index (χ1) is 19.8. The Morgan fingerprint density at radius 3 is 2.17 bits per heavy atom. The first-order valence-electron chi connectivity index (χ1n) is 15.4. The van der Waals surface area contributed by atoms with E-state index in [0.717, 1.165) is 72.3 Å². The lowest BCUT2D eigenvalue weighted by atomic mass is 9.83. The second-order valence-electron chi connectivity index (χ2n) is 12.7. The molecule has 0 radical (unpaired) electrons. The molecule has 4 aromatic carbocycles. The molecule has 0 aliphatic heterocycles. The Balaban J connectivity index is 1.77. The predicted octanol–water partition coefficient (Wildman–Crippen LogP) is 10.7. The molecule has 0 amide bonds. The summed E-state index contributed by atoms with van der Waals surface area (Å²) in [6.07, 6.45) is -1.50. The largest absolute Gasteiger partial charge is 0.455 e. The molecule has 0 aliphatic carbocycles. The van der Waals surface area contributed by atoms with Crippen LogP contribution in [0.5, 0.6) is 0 Å². The van der Waals surface area contributed by atoms with Crippen molar-refractivity contribution >= 4 is 33.0 Å². The highest BCUT2D eigenvalue weighted by molar-refractivity contribution is 6.10. The Morgan fingerprint density at radius 2 is 1.50 bits per heavy atom. The van der Waals surface area contributed by atoms with Crippen LogP contribution in [0.4, 0.5) is 0 Å². The lowest BCUT2D eigenvalue weighted by molar-refractivity contribution is 0.411. The molecule has 3 nitrogen and oxygen atoms in total. The van der Waals surface area contributed by atoms with Crippen molar-refractivity contribution in [3.8, 4) is 17.1 Å². The molecule has 2 aromatic heterocycles. The van der Waals surface area contributed by atoms with E-state index in [1.54, 1.807) is 0 Å². The van der Waals surface area contributed by atoms with Gasteiger partial charge in [0.1, 0.15) is 17.0 Å². The Kier molecular flexibility index (Phi) is 5.79. The minimum Gasteiger partial charge on any atom is -0.455 e. The van der Waals surface area contributed by atoms with Crippen molar-refractivity contribution in [2.45, 2.75) is 73.6 Å². The summed E-state index contributed by atoms with van der Waals surface area (Å²) >= 11 is 0. The lowest BCUT2D eigenvalue weighted by Gasteiger charge is -2.26. The van der Waals surface area contributed by atoms with Crippen molar-refractivity contribution in [1.82, 2.24) is 9.55 Å². The molecule has 0 bridgehead atoms. The molecular formula is C37H40N2O. The van der Waals surface area contributed by atoms with E-state index in [4.69, 9.17) is 12.1 Å². The average molecular weight is 531 g/mol. The van der Waals surface area contributed by atoms with E-state index < -0.39 is 11.8 Å². The molecule has 0 N–H and O–H groups in total. The fourth-order valence-corrected chi connectivity index (χ4v) is 5.91. The monoisotopic (exact) mass is 530 g/mol. The van der Waals surface area contributed by atoms with Crippen LogP contribution in [-0.4, -0.2) is 9.55 Å². The van der Waals surface area contributed by atoms with Crippen molar-refractivity contribution in [1.29, 1.82) is 0 Å². The van der Waals surface area contributed by atoms with Gasteiger partial charge in [-0.2, -0.15) is 0 Å². The van der Waals surface area contributed by atoms with Gasteiger partial charge < -0.3 is 4.42 Å². The van der Waals surface area contributed by atoms with E-state index in [1.165, 1.54) is 0 Å². The summed E-state index contributed by atoms with van der Waals surface area (Å²) in [6.45, 7) is 16.8. The predicted molar refractivity (Wildman–Crippen MR) is 170 cm³/mol. The van der Waals surface area contributed by atoms with Gasteiger partial charge in [0.25, 0.3) is 0 Å². The van der Waals surface area contributed by atoms with Gasteiger partial charge in [0.05, 0.1) is 22.3 Å². The Bertz CT molecular complexity index is 1940. The third-order valence-corrected chi connectivity index (χ3v) is 7.70. The molecule has 40 heavy (non-hydrogen) atoms. The minimum absolute atomic E-state index is 0.158. The summed E-state index contributed by atoms with van der Waals surface area (Å²) in [5.74, 6) is 1.16. The molecule has 0 aliphatic rings.